The Kier molecular flexibility index (Phi) is 10.7. The maximum absolute atomic E-state index is 12.6. The summed E-state index contributed by atoms with van der Waals surface area (Å²) in [7, 11) is -2.33. The molecule has 1 fully saturated rings. The Morgan fingerprint density at radius 1 is 0.818 bits per heavy atom. The van der Waals surface area contributed by atoms with Crippen LogP contribution in [0.5, 0.6) is 0 Å². The molecule has 5 rings (SSSR count). The smallest absolute Gasteiger partial charge is 0.210 e. The molecule has 0 unspecified atom stereocenters. The highest BCUT2D eigenvalue weighted by atomic mass is 79.9. The second-order valence-electron chi connectivity index (χ2n) is 14.4. The van der Waals surface area contributed by atoms with E-state index in [1.165, 1.54) is 10.9 Å². The van der Waals surface area contributed by atoms with E-state index in [4.69, 9.17) is 9.47 Å². The van der Waals surface area contributed by atoms with E-state index in [2.05, 4.69) is 134 Å². The van der Waals surface area contributed by atoms with Gasteiger partial charge in [-0.15, -0.1) is 0 Å². The predicted molar refractivity (Wildman–Crippen MR) is 194 cm³/mol. The summed E-state index contributed by atoms with van der Waals surface area (Å²) in [4.78, 5) is 14.6. The van der Waals surface area contributed by atoms with Gasteiger partial charge in [-0.3, -0.25) is 4.79 Å². The van der Waals surface area contributed by atoms with Gasteiger partial charge in [0.2, 0.25) is 6.41 Å². The van der Waals surface area contributed by atoms with E-state index >= 15 is 0 Å². The number of fused-ring (bicyclic) bond motifs is 2. The van der Waals surface area contributed by atoms with Crippen LogP contribution in [0, 0.1) is 0 Å². The number of benzene rings is 2. The minimum Gasteiger partial charge on any atom is -0.361 e. The molecule has 1 saturated heterocycles. The first-order valence-electron chi connectivity index (χ1n) is 15.5. The topological polar surface area (TPSA) is 60.7 Å². The van der Waals surface area contributed by atoms with E-state index in [1.54, 1.807) is 0 Å². The van der Waals surface area contributed by atoms with Crippen molar-refractivity contribution >= 4 is 76.2 Å². The molecule has 238 valence electrons. The van der Waals surface area contributed by atoms with Gasteiger partial charge in [-0.25, -0.2) is 0 Å². The summed E-state index contributed by atoms with van der Waals surface area (Å²) in [5.74, 6) is 0. The second kappa shape index (κ2) is 13.9. The van der Waals surface area contributed by atoms with Gasteiger partial charge in [0.05, 0.1) is 23.1 Å². The van der Waals surface area contributed by atoms with Crippen LogP contribution in [0.1, 0.15) is 23.2 Å². The van der Waals surface area contributed by atoms with E-state index in [1.807, 2.05) is 4.90 Å². The Hall–Kier alpha value is -1.74. The highest BCUT2D eigenvalue weighted by Crippen LogP contribution is 2.37. The van der Waals surface area contributed by atoms with Crippen LogP contribution in [0.4, 0.5) is 0 Å². The Balaban J connectivity index is 1.37. The summed E-state index contributed by atoms with van der Waals surface area (Å²) < 4.78 is 18.7. The molecule has 7 nitrogen and oxygen atoms in total. The molecule has 1 aliphatic heterocycles. The molecule has 2 aromatic heterocycles. The van der Waals surface area contributed by atoms with Crippen molar-refractivity contribution in [1.82, 2.24) is 19.4 Å². The van der Waals surface area contributed by atoms with Gasteiger partial charge < -0.3 is 28.8 Å². The summed E-state index contributed by atoms with van der Waals surface area (Å²) >= 11 is 7.31. The third-order valence-electron chi connectivity index (χ3n) is 8.42. The number of hydrogen-bond donors (Lipinski definition) is 1. The van der Waals surface area contributed by atoms with Crippen molar-refractivity contribution in [1.29, 1.82) is 0 Å². The standard InChI is InChI=1S/C33H46Br2N4O3Si2/c1-43(2,3)13-11-41-22-38-18-28(26-9-7-24(34)15-31(26)38)30-20-37(21-40)33(17-36-30)29-19-39(23-42-12-14-44(4,5)6)32-16-25(35)8-10-27(29)32/h7-10,15-16,18-19,21,30,33,36H,11-14,17,20,22-23H2,1-6H3/t30-,33+/m0/s1. The van der Waals surface area contributed by atoms with Gasteiger partial charge in [-0.1, -0.05) is 83.3 Å². The normalized spacial score (nSPS) is 18.0. The number of carbonyl (C=O) groups is 1. The summed E-state index contributed by atoms with van der Waals surface area (Å²) in [6, 6.07) is 15.0. The number of nitrogens with zero attached hydrogens (tertiary/aromatic N) is 3. The molecule has 3 heterocycles. The van der Waals surface area contributed by atoms with Crippen molar-refractivity contribution in [2.75, 3.05) is 26.3 Å². The minimum absolute atomic E-state index is 0.00995. The average molecular weight is 763 g/mol. The molecule has 11 heteroatoms. The summed E-state index contributed by atoms with van der Waals surface area (Å²) in [6.07, 6.45) is 5.39. The van der Waals surface area contributed by atoms with Crippen LogP contribution in [0.2, 0.25) is 51.4 Å². The second-order valence-corrected chi connectivity index (χ2v) is 27.5. The van der Waals surface area contributed by atoms with Crippen LogP contribution in [0.3, 0.4) is 0 Å². The lowest BCUT2D eigenvalue weighted by molar-refractivity contribution is -0.121. The van der Waals surface area contributed by atoms with Crippen molar-refractivity contribution in [2.24, 2.45) is 0 Å². The Morgan fingerprint density at radius 3 is 1.82 bits per heavy atom. The van der Waals surface area contributed by atoms with E-state index in [-0.39, 0.29) is 12.1 Å². The van der Waals surface area contributed by atoms with Gasteiger partial charge >= 0.3 is 0 Å². The van der Waals surface area contributed by atoms with Gasteiger partial charge in [0.15, 0.2) is 0 Å². The molecule has 0 radical (unpaired) electrons. The molecule has 0 bridgehead atoms. The Bertz CT molecular complexity index is 1610. The quantitative estimate of drug-likeness (QED) is 0.0843. The fraction of sp³-hybridized carbons (Fsp3) is 0.485. The molecular weight excluding hydrogens is 716 g/mol. The highest BCUT2D eigenvalue weighted by molar-refractivity contribution is 9.10. The molecule has 4 aromatic rings. The van der Waals surface area contributed by atoms with Crippen LogP contribution in [-0.4, -0.2) is 62.9 Å². The first-order valence-corrected chi connectivity index (χ1v) is 24.5. The summed E-state index contributed by atoms with van der Waals surface area (Å²) in [5.41, 5.74) is 4.57. The zero-order valence-electron chi connectivity index (χ0n) is 26.8. The molecule has 0 saturated carbocycles. The molecule has 2 atom stereocenters. The van der Waals surface area contributed by atoms with Gasteiger partial charge in [-0.05, 0) is 41.9 Å². The number of carbonyl (C=O) groups excluding carboxylic acids is 1. The maximum atomic E-state index is 12.6. The van der Waals surface area contributed by atoms with Gasteiger partial charge in [0, 0.05) is 80.1 Å². The van der Waals surface area contributed by atoms with Crippen molar-refractivity contribution in [3.8, 4) is 0 Å². The fourth-order valence-electron chi connectivity index (χ4n) is 5.81. The number of aromatic nitrogens is 2. The van der Waals surface area contributed by atoms with Crippen molar-refractivity contribution in [3.63, 3.8) is 0 Å². The lowest BCUT2D eigenvalue weighted by Gasteiger charge is -2.38. The summed E-state index contributed by atoms with van der Waals surface area (Å²) in [5, 5.41) is 6.13. The monoisotopic (exact) mass is 760 g/mol. The van der Waals surface area contributed by atoms with E-state index in [9.17, 15) is 4.79 Å². The molecule has 0 spiro atoms. The summed E-state index contributed by atoms with van der Waals surface area (Å²) in [6.45, 7) is 18.0. The van der Waals surface area contributed by atoms with Crippen molar-refractivity contribution in [2.45, 2.75) is 76.9 Å². The minimum atomic E-state index is -1.17. The first-order chi connectivity index (χ1) is 20.8. The Morgan fingerprint density at radius 2 is 1.32 bits per heavy atom. The molecular formula is C33H46Br2N4O3Si2. The molecule has 0 aliphatic carbocycles. The number of halogens is 2. The number of ether oxygens (including phenoxy) is 2. The molecule has 1 N–H and O–H groups in total. The predicted octanol–water partition coefficient (Wildman–Crippen LogP) is 8.59. The zero-order chi connectivity index (χ0) is 31.6. The number of nitrogens with one attached hydrogen (secondary N) is 1. The number of rotatable bonds is 13. The Labute approximate surface area is 280 Å². The largest absolute Gasteiger partial charge is 0.361 e. The maximum Gasteiger partial charge on any atom is 0.210 e. The van der Waals surface area contributed by atoms with Crippen LogP contribution < -0.4 is 5.32 Å². The third-order valence-corrected chi connectivity index (χ3v) is 12.8. The first kappa shape index (κ1) is 33.6. The van der Waals surface area contributed by atoms with Crippen LogP contribution >= 0.6 is 31.9 Å². The van der Waals surface area contributed by atoms with Crippen molar-refractivity contribution in [3.05, 3.63) is 68.9 Å². The van der Waals surface area contributed by atoms with Crippen molar-refractivity contribution < 1.29 is 14.3 Å². The zero-order valence-corrected chi connectivity index (χ0v) is 32.0. The van der Waals surface area contributed by atoms with Gasteiger partial charge in [0.1, 0.15) is 13.5 Å². The highest BCUT2D eigenvalue weighted by Gasteiger charge is 2.32. The van der Waals surface area contributed by atoms with Gasteiger partial charge in [-0.2, -0.15) is 0 Å². The number of piperazine rings is 1. The SMILES string of the molecule is C[Si](C)(C)CCOCn1cc([C@@H]2CN(C=O)[C@@H](c3cn(COCC[Si](C)(C)C)c4cc(Br)ccc34)CN2)c2ccc(Br)cc21. The molecule has 44 heavy (non-hydrogen) atoms. The van der Waals surface area contributed by atoms with Gasteiger partial charge in [0.25, 0.3) is 0 Å². The lowest BCUT2D eigenvalue weighted by atomic mass is 9.97. The molecule has 1 aliphatic rings. The van der Waals surface area contributed by atoms with E-state index in [0.29, 0.717) is 26.6 Å². The van der Waals surface area contributed by atoms with Crippen LogP contribution in [0.15, 0.2) is 57.7 Å². The average Bonchev–Trinajstić information content (AvgIpc) is 3.49. The van der Waals surface area contributed by atoms with Crippen LogP contribution in [-0.2, 0) is 27.7 Å². The van der Waals surface area contributed by atoms with E-state index in [0.717, 1.165) is 62.6 Å². The molecule has 2 aromatic carbocycles. The van der Waals surface area contributed by atoms with E-state index < -0.39 is 16.1 Å². The fourth-order valence-corrected chi connectivity index (χ4v) is 8.02. The molecule has 1 amide bonds. The number of hydrogen-bond acceptors (Lipinski definition) is 4. The third kappa shape index (κ3) is 8.15. The lowest BCUT2D eigenvalue weighted by Crippen LogP contribution is -2.47. The number of amides is 1. The van der Waals surface area contributed by atoms with Crippen LogP contribution in [0.25, 0.3) is 21.8 Å².